The molecule has 0 radical (unpaired) electrons. The molecule has 1 heterocycles. The lowest BCUT2D eigenvalue weighted by molar-refractivity contribution is 0.0301. The molecule has 3 N–H and O–H groups in total. The largest absolute Gasteiger partial charge is 0.508 e. The number of cyclic esters (lactones) is 1. The van der Waals surface area contributed by atoms with E-state index in [-0.39, 0.29) is 24.7 Å². The first-order valence-corrected chi connectivity index (χ1v) is 11.4. The van der Waals surface area contributed by atoms with Crippen molar-refractivity contribution in [1.82, 2.24) is 0 Å². The standard InChI is InChI=1S/C28H30FNO4/c1-18-6-4-5-7-19(18)14-28(3,33)16-27(2,24-13-21(29)8-11-25(24)31)17-30-22-9-10-23-20(12-22)15-34-26(23)32/h4-13,30-31,33H,14-17H2,1-3H3. The summed E-state index contributed by atoms with van der Waals surface area (Å²) in [6, 6.07) is 17.2. The Labute approximate surface area is 199 Å². The van der Waals surface area contributed by atoms with Crippen LogP contribution in [0.3, 0.4) is 0 Å². The fourth-order valence-electron chi connectivity index (χ4n) is 4.91. The van der Waals surface area contributed by atoms with E-state index in [0.717, 1.165) is 22.4 Å². The zero-order chi connectivity index (χ0) is 24.5. The van der Waals surface area contributed by atoms with Crippen molar-refractivity contribution in [2.24, 2.45) is 0 Å². The van der Waals surface area contributed by atoms with Crippen LogP contribution in [0.5, 0.6) is 5.75 Å². The van der Waals surface area contributed by atoms with Gasteiger partial charge in [-0.1, -0.05) is 31.2 Å². The summed E-state index contributed by atoms with van der Waals surface area (Å²) < 4.78 is 19.3. The van der Waals surface area contributed by atoms with Gasteiger partial charge in [0.1, 0.15) is 18.2 Å². The fraction of sp³-hybridized carbons (Fsp3) is 0.321. The highest BCUT2D eigenvalue weighted by Crippen LogP contribution is 2.39. The predicted molar refractivity (Wildman–Crippen MR) is 130 cm³/mol. The van der Waals surface area contributed by atoms with Crippen LogP contribution in [-0.4, -0.2) is 28.3 Å². The third kappa shape index (κ3) is 5.07. The third-order valence-electron chi connectivity index (χ3n) is 6.58. The number of rotatable bonds is 8. The van der Waals surface area contributed by atoms with Gasteiger partial charge in [-0.2, -0.15) is 0 Å². The van der Waals surface area contributed by atoms with Crippen molar-refractivity contribution in [3.8, 4) is 5.75 Å². The van der Waals surface area contributed by atoms with Crippen molar-refractivity contribution in [2.45, 2.75) is 51.2 Å². The number of halogens is 1. The smallest absolute Gasteiger partial charge is 0.338 e. The number of hydrogen-bond donors (Lipinski definition) is 3. The summed E-state index contributed by atoms with van der Waals surface area (Å²) in [4.78, 5) is 11.7. The van der Waals surface area contributed by atoms with Gasteiger partial charge in [-0.15, -0.1) is 0 Å². The molecule has 0 saturated heterocycles. The molecule has 0 spiro atoms. The summed E-state index contributed by atoms with van der Waals surface area (Å²) in [7, 11) is 0. The second-order valence-corrected chi connectivity index (χ2v) is 9.80. The average Bonchev–Trinajstić information content (AvgIpc) is 3.15. The van der Waals surface area contributed by atoms with Gasteiger partial charge in [0.25, 0.3) is 0 Å². The lowest BCUT2D eigenvalue weighted by Gasteiger charge is -2.38. The SMILES string of the molecule is Cc1ccccc1CC(C)(O)CC(C)(CNc1ccc2c(c1)COC2=O)c1cc(F)ccc1O. The molecule has 0 amide bonds. The van der Waals surface area contributed by atoms with Crippen LogP contribution in [0.25, 0.3) is 0 Å². The molecule has 4 rings (SSSR count). The molecule has 178 valence electrons. The first-order chi connectivity index (χ1) is 16.1. The Morgan fingerprint density at radius 3 is 2.62 bits per heavy atom. The van der Waals surface area contributed by atoms with Crippen molar-refractivity contribution in [3.63, 3.8) is 0 Å². The van der Waals surface area contributed by atoms with E-state index < -0.39 is 16.8 Å². The summed E-state index contributed by atoms with van der Waals surface area (Å²) in [5, 5.41) is 25.4. The van der Waals surface area contributed by atoms with E-state index in [2.05, 4.69) is 5.32 Å². The maximum Gasteiger partial charge on any atom is 0.338 e. The van der Waals surface area contributed by atoms with Crippen LogP contribution in [0.15, 0.2) is 60.7 Å². The number of aromatic hydroxyl groups is 1. The van der Waals surface area contributed by atoms with Crippen LogP contribution in [-0.2, 0) is 23.2 Å². The monoisotopic (exact) mass is 463 g/mol. The quantitative estimate of drug-likeness (QED) is 0.397. The van der Waals surface area contributed by atoms with Gasteiger partial charge in [0, 0.05) is 35.2 Å². The summed E-state index contributed by atoms with van der Waals surface area (Å²) in [5.74, 6) is -0.806. The van der Waals surface area contributed by atoms with E-state index in [1.54, 1.807) is 19.1 Å². The first-order valence-electron chi connectivity index (χ1n) is 11.4. The molecular formula is C28H30FNO4. The Balaban J connectivity index is 1.63. The number of ether oxygens (including phenoxy) is 1. The average molecular weight is 464 g/mol. The lowest BCUT2D eigenvalue weighted by Crippen LogP contribution is -2.41. The number of aryl methyl sites for hydroxylation is 1. The second-order valence-electron chi connectivity index (χ2n) is 9.80. The summed E-state index contributed by atoms with van der Waals surface area (Å²) in [5.41, 5.74) is 2.74. The van der Waals surface area contributed by atoms with E-state index >= 15 is 0 Å². The van der Waals surface area contributed by atoms with Gasteiger partial charge >= 0.3 is 5.97 Å². The topological polar surface area (TPSA) is 78.8 Å². The number of carbonyl (C=O) groups is 1. The molecule has 0 saturated carbocycles. The van der Waals surface area contributed by atoms with Gasteiger partial charge in [0.05, 0.1) is 11.2 Å². The molecule has 6 heteroatoms. The Morgan fingerprint density at radius 2 is 1.85 bits per heavy atom. The molecule has 0 aliphatic carbocycles. The van der Waals surface area contributed by atoms with Crippen LogP contribution >= 0.6 is 0 Å². The third-order valence-corrected chi connectivity index (χ3v) is 6.58. The molecule has 5 nitrogen and oxygen atoms in total. The zero-order valence-corrected chi connectivity index (χ0v) is 19.7. The molecule has 0 aromatic heterocycles. The van der Waals surface area contributed by atoms with E-state index in [9.17, 15) is 19.4 Å². The molecule has 0 bridgehead atoms. The van der Waals surface area contributed by atoms with E-state index in [4.69, 9.17) is 4.74 Å². The van der Waals surface area contributed by atoms with Crippen LogP contribution in [0.1, 0.15) is 52.9 Å². The fourth-order valence-corrected chi connectivity index (χ4v) is 4.91. The number of esters is 1. The molecular weight excluding hydrogens is 433 g/mol. The molecule has 1 aliphatic rings. The summed E-state index contributed by atoms with van der Waals surface area (Å²) in [6.07, 6.45) is 0.689. The molecule has 1 aliphatic heterocycles. The molecule has 2 atom stereocenters. The number of fused-ring (bicyclic) bond motifs is 1. The van der Waals surface area contributed by atoms with Gasteiger partial charge in [-0.05, 0) is 67.8 Å². The maximum atomic E-state index is 14.2. The maximum absolute atomic E-state index is 14.2. The van der Waals surface area contributed by atoms with Crippen LogP contribution in [0.2, 0.25) is 0 Å². The molecule has 0 fully saturated rings. The first kappa shape index (κ1) is 23.8. The number of nitrogens with one attached hydrogen (secondary N) is 1. The Hall–Kier alpha value is -3.38. The van der Waals surface area contributed by atoms with E-state index in [1.807, 2.05) is 44.2 Å². The lowest BCUT2D eigenvalue weighted by atomic mass is 9.72. The minimum atomic E-state index is -1.13. The number of benzene rings is 3. The van der Waals surface area contributed by atoms with Gasteiger partial charge < -0.3 is 20.3 Å². The number of phenols is 1. The Bertz CT molecular complexity index is 1220. The highest BCUT2D eigenvalue weighted by Gasteiger charge is 2.38. The van der Waals surface area contributed by atoms with Crippen molar-refractivity contribution >= 4 is 11.7 Å². The van der Waals surface area contributed by atoms with Crippen molar-refractivity contribution in [3.05, 3.63) is 94.3 Å². The van der Waals surface area contributed by atoms with Crippen LogP contribution in [0.4, 0.5) is 10.1 Å². The minimum Gasteiger partial charge on any atom is -0.508 e. The highest BCUT2D eigenvalue weighted by molar-refractivity contribution is 5.93. The predicted octanol–water partition coefficient (Wildman–Crippen LogP) is 5.26. The van der Waals surface area contributed by atoms with Gasteiger partial charge in [-0.25, -0.2) is 9.18 Å². The highest BCUT2D eigenvalue weighted by atomic mass is 19.1. The van der Waals surface area contributed by atoms with Crippen LogP contribution in [0, 0.1) is 12.7 Å². The zero-order valence-electron chi connectivity index (χ0n) is 19.7. The number of phenolic OH excluding ortho intramolecular Hbond substituents is 1. The summed E-state index contributed by atoms with van der Waals surface area (Å²) >= 11 is 0. The second kappa shape index (κ2) is 9.11. The van der Waals surface area contributed by atoms with Gasteiger partial charge in [0.15, 0.2) is 0 Å². The number of hydrogen-bond acceptors (Lipinski definition) is 5. The van der Waals surface area contributed by atoms with Crippen LogP contribution < -0.4 is 5.32 Å². The Kier molecular flexibility index (Phi) is 6.36. The van der Waals surface area contributed by atoms with Crippen molar-refractivity contribution in [2.75, 3.05) is 11.9 Å². The molecule has 3 aromatic rings. The van der Waals surface area contributed by atoms with Gasteiger partial charge in [0.2, 0.25) is 0 Å². The molecule has 3 aromatic carbocycles. The summed E-state index contributed by atoms with van der Waals surface area (Å²) in [6.45, 7) is 6.23. The Morgan fingerprint density at radius 1 is 1.09 bits per heavy atom. The van der Waals surface area contributed by atoms with Gasteiger partial charge in [-0.3, -0.25) is 0 Å². The van der Waals surface area contributed by atoms with Crippen molar-refractivity contribution in [1.29, 1.82) is 0 Å². The van der Waals surface area contributed by atoms with E-state index in [0.29, 0.717) is 24.1 Å². The van der Waals surface area contributed by atoms with Crippen molar-refractivity contribution < 1.29 is 24.1 Å². The number of carbonyl (C=O) groups excluding carboxylic acids is 1. The molecule has 34 heavy (non-hydrogen) atoms. The normalized spacial score (nSPS) is 16.3. The minimum absolute atomic E-state index is 0.0228. The molecule has 2 unspecified atom stereocenters. The number of anilines is 1. The van der Waals surface area contributed by atoms with E-state index in [1.165, 1.54) is 18.2 Å². The number of aliphatic hydroxyl groups is 1.